The largest absolute Gasteiger partial charge is 0.494 e. The number of hydrogen-bond donors (Lipinski definition) is 0. The van der Waals surface area contributed by atoms with Gasteiger partial charge in [-0.1, -0.05) is 18.2 Å². The molecule has 0 saturated carbocycles. The lowest BCUT2D eigenvalue weighted by Crippen LogP contribution is -2.40. The first-order valence-electron chi connectivity index (χ1n) is 10.2. The Morgan fingerprint density at radius 3 is 1.69 bits per heavy atom. The first kappa shape index (κ1) is 23.1. The third-order valence-corrected chi connectivity index (χ3v) is 6.15. The minimum atomic E-state index is -4.15. The topological polar surface area (TPSA) is 82.1 Å². The monoisotopic (exact) mass is 455 g/mol. The van der Waals surface area contributed by atoms with Crippen molar-refractivity contribution in [2.45, 2.75) is 18.7 Å². The quantitative estimate of drug-likeness (QED) is 0.454. The predicted molar refractivity (Wildman–Crippen MR) is 122 cm³/mol. The SMILES string of the molecule is CCOc1ccc(OCC(=O)N(c2ccc(OCC)cc2)S(=O)(=O)c2ccccc2)cc1. The van der Waals surface area contributed by atoms with Crippen molar-refractivity contribution in [1.82, 2.24) is 0 Å². The molecule has 0 atom stereocenters. The molecule has 0 heterocycles. The second-order valence-corrected chi connectivity index (χ2v) is 8.38. The standard InChI is InChI=1S/C24H25NO6S/c1-3-29-20-12-10-19(11-13-20)25(32(27,28)23-8-6-5-7-9-23)24(26)18-31-22-16-14-21(15-17-22)30-4-2/h5-17H,3-4,18H2,1-2H3. The highest BCUT2D eigenvalue weighted by molar-refractivity contribution is 7.93. The molecule has 8 heteroatoms. The van der Waals surface area contributed by atoms with Crippen molar-refractivity contribution in [3.63, 3.8) is 0 Å². The number of benzene rings is 3. The van der Waals surface area contributed by atoms with E-state index in [0.29, 0.717) is 30.5 Å². The number of carbonyl (C=O) groups excluding carboxylic acids is 1. The summed E-state index contributed by atoms with van der Waals surface area (Å²) in [6, 6.07) is 20.8. The molecule has 0 unspecified atom stereocenters. The van der Waals surface area contributed by atoms with Crippen LogP contribution < -0.4 is 18.5 Å². The molecule has 3 aromatic rings. The molecule has 0 bridgehead atoms. The highest BCUT2D eigenvalue weighted by atomic mass is 32.2. The van der Waals surface area contributed by atoms with Gasteiger partial charge in [0, 0.05) is 0 Å². The van der Waals surface area contributed by atoms with Crippen LogP contribution in [0.4, 0.5) is 5.69 Å². The average Bonchev–Trinajstić information content (AvgIpc) is 2.81. The van der Waals surface area contributed by atoms with E-state index in [1.165, 1.54) is 24.3 Å². The van der Waals surface area contributed by atoms with Crippen LogP contribution in [0.1, 0.15) is 13.8 Å². The first-order chi connectivity index (χ1) is 15.5. The van der Waals surface area contributed by atoms with Gasteiger partial charge in [-0.05, 0) is 74.5 Å². The van der Waals surface area contributed by atoms with Gasteiger partial charge < -0.3 is 14.2 Å². The summed E-state index contributed by atoms with van der Waals surface area (Å²) in [6.45, 7) is 4.27. The van der Waals surface area contributed by atoms with Crippen molar-refractivity contribution in [3.8, 4) is 17.2 Å². The Morgan fingerprint density at radius 1 is 0.719 bits per heavy atom. The van der Waals surface area contributed by atoms with Crippen LogP contribution in [-0.4, -0.2) is 34.1 Å². The van der Waals surface area contributed by atoms with Gasteiger partial charge in [0.15, 0.2) is 6.61 Å². The summed E-state index contributed by atoms with van der Waals surface area (Å²) in [5.74, 6) is 0.942. The minimum absolute atomic E-state index is 0.00306. The molecule has 0 aliphatic carbocycles. The van der Waals surface area contributed by atoms with E-state index in [0.717, 1.165) is 4.31 Å². The maximum Gasteiger partial charge on any atom is 0.278 e. The van der Waals surface area contributed by atoms with Crippen LogP contribution in [-0.2, 0) is 14.8 Å². The van der Waals surface area contributed by atoms with Gasteiger partial charge in [0.25, 0.3) is 15.9 Å². The fourth-order valence-corrected chi connectivity index (χ4v) is 4.39. The molecule has 3 rings (SSSR count). The second-order valence-electron chi connectivity index (χ2n) is 6.60. The van der Waals surface area contributed by atoms with Gasteiger partial charge in [-0.2, -0.15) is 4.31 Å². The highest BCUT2D eigenvalue weighted by Crippen LogP contribution is 2.26. The molecule has 0 radical (unpaired) electrons. The van der Waals surface area contributed by atoms with E-state index in [-0.39, 0.29) is 10.6 Å². The van der Waals surface area contributed by atoms with Gasteiger partial charge >= 0.3 is 0 Å². The van der Waals surface area contributed by atoms with E-state index in [1.54, 1.807) is 54.6 Å². The molecule has 32 heavy (non-hydrogen) atoms. The van der Waals surface area contributed by atoms with Crippen LogP contribution in [0.5, 0.6) is 17.2 Å². The molecule has 0 aliphatic rings. The second kappa shape index (κ2) is 10.7. The summed E-state index contributed by atoms with van der Waals surface area (Å²) in [6.07, 6.45) is 0. The zero-order chi connectivity index (χ0) is 23.0. The number of nitrogens with zero attached hydrogens (tertiary/aromatic N) is 1. The van der Waals surface area contributed by atoms with Crippen LogP contribution in [0.15, 0.2) is 83.8 Å². The number of rotatable bonds is 10. The Morgan fingerprint density at radius 2 is 1.19 bits per heavy atom. The summed E-state index contributed by atoms with van der Waals surface area (Å²) >= 11 is 0. The molecule has 168 valence electrons. The Hall–Kier alpha value is -3.52. The molecule has 0 saturated heterocycles. The maximum atomic E-state index is 13.3. The summed E-state index contributed by atoms with van der Waals surface area (Å²) in [4.78, 5) is 13.1. The number of sulfonamides is 1. The Bertz CT molecular complexity index is 1110. The van der Waals surface area contributed by atoms with Crippen molar-refractivity contribution >= 4 is 21.6 Å². The number of ether oxygens (including phenoxy) is 3. The molecule has 7 nitrogen and oxygen atoms in total. The number of anilines is 1. The summed E-state index contributed by atoms with van der Waals surface area (Å²) in [5.41, 5.74) is 0.192. The average molecular weight is 456 g/mol. The maximum absolute atomic E-state index is 13.3. The molecular formula is C24H25NO6S. The van der Waals surface area contributed by atoms with Gasteiger partial charge in [-0.25, -0.2) is 8.42 Å². The predicted octanol–water partition coefficient (Wildman–Crippen LogP) is 4.28. The molecule has 0 aliphatic heterocycles. The number of carbonyl (C=O) groups is 1. The van der Waals surface area contributed by atoms with Gasteiger partial charge in [-0.15, -0.1) is 0 Å². The summed E-state index contributed by atoms with van der Waals surface area (Å²) in [5, 5.41) is 0. The third-order valence-electron chi connectivity index (χ3n) is 4.39. The molecule has 1 amide bonds. The number of hydrogen-bond acceptors (Lipinski definition) is 6. The van der Waals surface area contributed by atoms with Crippen LogP contribution in [0.3, 0.4) is 0 Å². The normalized spacial score (nSPS) is 10.9. The van der Waals surface area contributed by atoms with Gasteiger partial charge in [0.05, 0.1) is 23.8 Å². The lowest BCUT2D eigenvalue weighted by molar-refractivity contribution is -0.119. The molecule has 0 fully saturated rings. The molecule has 0 aromatic heterocycles. The van der Waals surface area contributed by atoms with Crippen LogP contribution >= 0.6 is 0 Å². The Kier molecular flexibility index (Phi) is 7.72. The molecular weight excluding hydrogens is 430 g/mol. The van der Waals surface area contributed by atoms with E-state index in [2.05, 4.69) is 0 Å². The van der Waals surface area contributed by atoms with Crippen LogP contribution in [0, 0.1) is 0 Å². The lowest BCUT2D eigenvalue weighted by Gasteiger charge is -2.23. The smallest absolute Gasteiger partial charge is 0.278 e. The van der Waals surface area contributed by atoms with E-state index < -0.39 is 22.5 Å². The third kappa shape index (κ3) is 5.59. The van der Waals surface area contributed by atoms with E-state index in [1.807, 2.05) is 13.8 Å². The summed E-state index contributed by atoms with van der Waals surface area (Å²) in [7, 11) is -4.15. The fourth-order valence-electron chi connectivity index (χ4n) is 2.96. The van der Waals surface area contributed by atoms with E-state index in [9.17, 15) is 13.2 Å². The van der Waals surface area contributed by atoms with Crippen molar-refractivity contribution in [1.29, 1.82) is 0 Å². The minimum Gasteiger partial charge on any atom is -0.494 e. The highest BCUT2D eigenvalue weighted by Gasteiger charge is 2.31. The van der Waals surface area contributed by atoms with Gasteiger partial charge in [-0.3, -0.25) is 4.79 Å². The van der Waals surface area contributed by atoms with Crippen molar-refractivity contribution in [3.05, 3.63) is 78.9 Å². The zero-order valence-electron chi connectivity index (χ0n) is 17.9. The molecule has 0 N–H and O–H groups in total. The van der Waals surface area contributed by atoms with Crippen LogP contribution in [0.25, 0.3) is 0 Å². The van der Waals surface area contributed by atoms with E-state index in [4.69, 9.17) is 14.2 Å². The summed E-state index contributed by atoms with van der Waals surface area (Å²) < 4.78 is 43.7. The van der Waals surface area contributed by atoms with E-state index >= 15 is 0 Å². The number of amides is 1. The fraction of sp³-hybridized carbons (Fsp3) is 0.208. The zero-order valence-corrected chi connectivity index (χ0v) is 18.7. The molecule has 0 spiro atoms. The lowest BCUT2D eigenvalue weighted by atomic mass is 10.3. The first-order valence-corrected chi connectivity index (χ1v) is 11.6. The molecule has 3 aromatic carbocycles. The van der Waals surface area contributed by atoms with Gasteiger partial charge in [0.1, 0.15) is 17.2 Å². The van der Waals surface area contributed by atoms with Crippen LogP contribution in [0.2, 0.25) is 0 Å². The Balaban J connectivity index is 1.86. The Labute approximate surface area is 188 Å². The van der Waals surface area contributed by atoms with Gasteiger partial charge in [0.2, 0.25) is 0 Å². The van der Waals surface area contributed by atoms with Crippen molar-refractivity contribution in [2.24, 2.45) is 0 Å². The van der Waals surface area contributed by atoms with Crippen molar-refractivity contribution in [2.75, 3.05) is 24.1 Å². The van der Waals surface area contributed by atoms with Crippen molar-refractivity contribution < 1.29 is 27.4 Å².